The van der Waals surface area contributed by atoms with Gasteiger partial charge in [-0.05, 0) is 128 Å². The van der Waals surface area contributed by atoms with Crippen LogP contribution in [0.5, 0.6) is 0 Å². The Hall–Kier alpha value is -0.980. The maximum Gasteiger partial charge on any atom is 0.187 e. The van der Waals surface area contributed by atoms with Crippen LogP contribution in [0, 0.1) is 50.7 Å². The Morgan fingerprint density at radius 2 is 1.14 bits per heavy atom. The van der Waals surface area contributed by atoms with Crippen LogP contribution >= 0.6 is 0 Å². The van der Waals surface area contributed by atoms with Crippen molar-refractivity contribution in [3.8, 4) is 0 Å². The van der Waals surface area contributed by atoms with E-state index in [2.05, 4.69) is 33.8 Å². The molecule has 3 aliphatic heterocycles. The van der Waals surface area contributed by atoms with Crippen molar-refractivity contribution >= 4 is 0 Å². The highest BCUT2D eigenvalue weighted by Gasteiger charge is 2.82. The second kappa shape index (κ2) is 19.2. The number of hydrogen-bond acceptors (Lipinski definition) is 18. The van der Waals surface area contributed by atoms with Crippen molar-refractivity contribution in [3.63, 3.8) is 0 Å². The highest BCUT2D eigenvalue weighted by Crippen LogP contribution is 2.89. The highest BCUT2D eigenvalue weighted by molar-refractivity contribution is 5.31. The van der Waals surface area contributed by atoms with Crippen LogP contribution in [0.2, 0.25) is 0 Å². The fourth-order valence-electron chi connectivity index (χ4n) is 15.5. The average Bonchev–Trinajstić information content (AvgIpc) is 3.88. The van der Waals surface area contributed by atoms with Gasteiger partial charge in [-0.1, -0.05) is 39.3 Å². The molecule has 5 saturated carbocycles. The first-order valence-corrected chi connectivity index (χ1v) is 24.6. The first kappa shape index (κ1) is 51.4. The average molecular weight is 945 g/mol. The predicted molar refractivity (Wildman–Crippen MR) is 231 cm³/mol. The number of allylic oxidation sites excluding steroid dienone is 1. The van der Waals surface area contributed by atoms with E-state index in [4.69, 9.17) is 28.4 Å². The number of aliphatic hydroxyl groups is 12. The van der Waals surface area contributed by atoms with Crippen LogP contribution in [0.15, 0.2) is 11.6 Å². The molecule has 66 heavy (non-hydrogen) atoms. The molecule has 0 aromatic heterocycles. The summed E-state index contributed by atoms with van der Waals surface area (Å²) in [6, 6.07) is 0. The van der Waals surface area contributed by atoms with Gasteiger partial charge in [0.2, 0.25) is 0 Å². The molecule has 3 heterocycles. The van der Waals surface area contributed by atoms with E-state index in [9.17, 15) is 61.3 Å². The third-order valence-electron chi connectivity index (χ3n) is 19.5. The Labute approximate surface area is 387 Å². The molecular weight excluding hydrogens is 865 g/mol. The summed E-state index contributed by atoms with van der Waals surface area (Å²) >= 11 is 0. The largest absolute Gasteiger partial charge is 0.396 e. The van der Waals surface area contributed by atoms with Gasteiger partial charge in [-0.15, -0.1) is 0 Å². The predicted octanol–water partition coefficient (Wildman–Crippen LogP) is -0.414. The molecule has 8 rings (SSSR count). The summed E-state index contributed by atoms with van der Waals surface area (Å²) in [6.07, 6.45) is -8.37. The van der Waals surface area contributed by atoms with Crippen molar-refractivity contribution in [1.29, 1.82) is 0 Å². The molecule has 0 bridgehead atoms. The molecule has 18 heteroatoms. The minimum atomic E-state index is -1.67. The summed E-state index contributed by atoms with van der Waals surface area (Å²) < 4.78 is 34.9. The van der Waals surface area contributed by atoms with Crippen LogP contribution in [-0.4, -0.2) is 193 Å². The number of aliphatic hydroxyl groups excluding tert-OH is 12. The zero-order chi connectivity index (χ0) is 47.9. The van der Waals surface area contributed by atoms with Gasteiger partial charge < -0.3 is 89.7 Å². The second-order valence-corrected chi connectivity index (χ2v) is 22.8. The number of ether oxygens (including phenoxy) is 6. The molecule has 0 radical (unpaired) electrons. The Kier molecular flexibility index (Phi) is 15.0. The van der Waals surface area contributed by atoms with Crippen molar-refractivity contribution in [2.75, 3.05) is 33.0 Å². The van der Waals surface area contributed by atoms with Gasteiger partial charge in [-0.25, -0.2) is 0 Å². The Morgan fingerprint density at radius 1 is 0.591 bits per heavy atom. The van der Waals surface area contributed by atoms with E-state index >= 15 is 0 Å². The van der Waals surface area contributed by atoms with E-state index < -0.39 is 112 Å². The summed E-state index contributed by atoms with van der Waals surface area (Å²) in [5, 5.41) is 124. The van der Waals surface area contributed by atoms with Crippen LogP contribution in [-0.2, 0) is 28.4 Å². The van der Waals surface area contributed by atoms with Gasteiger partial charge in [0.05, 0.1) is 32.5 Å². The van der Waals surface area contributed by atoms with Gasteiger partial charge in [0.15, 0.2) is 18.9 Å². The van der Waals surface area contributed by atoms with Crippen LogP contribution in [0.25, 0.3) is 0 Å². The first-order valence-electron chi connectivity index (χ1n) is 24.6. The second-order valence-electron chi connectivity index (χ2n) is 22.8. The van der Waals surface area contributed by atoms with E-state index in [1.54, 1.807) is 0 Å². The van der Waals surface area contributed by atoms with E-state index in [0.29, 0.717) is 24.2 Å². The SMILES string of the molecule is C/C(=C/CCC(CO)C1CCC2(C)C3CCC4C(C)(C)C(OC5OC(CO)C(O)C(O)C5O)CCC45CC35CCC12C)COC1OC(COC2OC(CO)C(O)C(O)C2O)C(O)C(O)C1O. The van der Waals surface area contributed by atoms with Crippen LogP contribution in [0.1, 0.15) is 105 Å². The molecule has 2 spiro atoms. The van der Waals surface area contributed by atoms with Crippen molar-refractivity contribution in [3.05, 3.63) is 11.6 Å². The third kappa shape index (κ3) is 8.29. The van der Waals surface area contributed by atoms with Crippen molar-refractivity contribution in [2.45, 2.75) is 203 Å². The van der Waals surface area contributed by atoms with Gasteiger partial charge in [-0.2, -0.15) is 0 Å². The van der Waals surface area contributed by atoms with Gasteiger partial charge in [-0.3, -0.25) is 0 Å². The molecule has 0 aromatic rings. The monoisotopic (exact) mass is 945 g/mol. The highest BCUT2D eigenvalue weighted by atomic mass is 16.7. The molecule has 8 fully saturated rings. The minimum absolute atomic E-state index is 0.0533. The van der Waals surface area contributed by atoms with Gasteiger partial charge in [0, 0.05) is 6.61 Å². The van der Waals surface area contributed by atoms with Crippen LogP contribution < -0.4 is 0 Å². The maximum absolute atomic E-state index is 10.9. The van der Waals surface area contributed by atoms with Crippen molar-refractivity contribution in [1.82, 2.24) is 0 Å². The summed E-state index contributed by atoms with van der Waals surface area (Å²) in [5.74, 6) is 1.48. The maximum atomic E-state index is 10.9. The molecule has 0 amide bonds. The molecule has 5 aliphatic carbocycles. The molecular formula is C48H80O18. The molecule has 24 unspecified atom stereocenters. The first-order chi connectivity index (χ1) is 31.2. The smallest absolute Gasteiger partial charge is 0.187 e. The number of fused-ring (bicyclic) bond motifs is 2. The molecule has 8 aliphatic rings. The number of rotatable bonds is 15. The minimum Gasteiger partial charge on any atom is -0.396 e. The molecule has 12 N–H and O–H groups in total. The fraction of sp³-hybridized carbons (Fsp3) is 0.958. The lowest BCUT2D eigenvalue weighted by atomic mass is 9.41. The zero-order valence-corrected chi connectivity index (χ0v) is 39.3. The van der Waals surface area contributed by atoms with Gasteiger partial charge >= 0.3 is 0 Å². The third-order valence-corrected chi connectivity index (χ3v) is 19.5. The van der Waals surface area contributed by atoms with Crippen molar-refractivity contribution in [2.24, 2.45) is 50.7 Å². The Morgan fingerprint density at radius 3 is 1.76 bits per heavy atom. The van der Waals surface area contributed by atoms with E-state index in [1.165, 1.54) is 12.8 Å². The van der Waals surface area contributed by atoms with E-state index in [0.717, 1.165) is 56.9 Å². The van der Waals surface area contributed by atoms with Crippen LogP contribution in [0.4, 0.5) is 0 Å². The molecule has 380 valence electrons. The molecule has 3 saturated heterocycles. The van der Waals surface area contributed by atoms with Crippen LogP contribution in [0.3, 0.4) is 0 Å². The zero-order valence-electron chi connectivity index (χ0n) is 39.3. The van der Waals surface area contributed by atoms with E-state index in [1.807, 2.05) is 6.92 Å². The summed E-state index contributed by atoms with van der Waals surface area (Å²) in [7, 11) is 0. The topological polar surface area (TPSA) is 298 Å². The van der Waals surface area contributed by atoms with Gasteiger partial charge in [0.1, 0.15) is 73.2 Å². The molecule has 0 aromatic carbocycles. The molecule has 24 atom stereocenters. The fourth-order valence-corrected chi connectivity index (χ4v) is 15.5. The summed E-state index contributed by atoms with van der Waals surface area (Å²) in [5.41, 5.74) is 1.30. The van der Waals surface area contributed by atoms with Gasteiger partial charge in [0.25, 0.3) is 0 Å². The lowest BCUT2D eigenvalue weighted by molar-refractivity contribution is -0.330. The lowest BCUT2D eigenvalue weighted by Gasteiger charge is -2.63. The van der Waals surface area contributed by atoms with E-state index in [-0.39, 0.29) is 52.3 Å². The quantitative estimate of drug-likeness (QED) is 0.0734. The summed E-state index contributed by atoms with van der Waals surface area (Å²) in [4.78, 5) is 0. The lowest BCUT2D eigenvalue weighted by Crippen LogP contribution is -2.62. The van der Waals surface area contributed by atoms with Crippen molar-refractivity contribution < 1.29 is 89.7 Å². The number of hydrogen-bond donors (Lipinski definition) is 12. The molecule has 18 nitrogen and oxygen atoms in total. The standard InChI is InChI=1S/C48H80O18/c1-23(20-61-41-39(59)37(57)34(54)28(65-41)21-62-42-38(58)35(55)32(52)26(18-50)63-42)7-6-8-24(17-49)25-11-13-46(5)30-10-9-29-44(2,3)31(66-43-40(60)36(56)33(53)27(19-51)64-43)12-14-47(29)22-48(30,47)16-15-45(25,46)4/h7,24-43,49-60H,6,8-22H2,1-5H3/b23-7-. The summed E-state index contributed by atoms with van der Waals surface area (Å²) in [6.45, 7) is 10.1. The Bertz CT molecular complexity index is 1700. The normalized spacial score (nSPS) is 52.7. The Balaban J connectivity index is 0.851.